The SMILES string of the molecule is O=C(N[C@H]1CCCNC1)c1cc(Br)ccc1Cl. The van der Waals surface area contributed by atoms with E-state index in [-0.39, 0.29) is 11.9 Å². The largest absolute Gasteiger partial charge is 0.348 e. The molecule has 17 heavy (non-hydrogen) atoms. The fraction of sp³-hybridized carbons (Fsp3) is 0.417. The fourth-order valence-corrected chi connectivity index (χ4v) is 2.47. The van der Waals surface area contributed by atoms with Crippen molar-refractivity contribution in [2.45, 2.75) is 18.9 Å². The van der Waals surface area contributed by atoms with Crippen molar-refractivity contribution in [3.8, 4) is 0 Å². The Morgan fingerprint density at radius 1 is 1.53 bits per heavy atom. The summed E-state index contributed by atoms with van der Waals surface area (Å²) in [7, 11) is 0. The van der Waals surface area contributed by atoms with Gasteiger partial charge in [0.25, 0.3) is 5.91 Å². The van der Waals surface area contributed by atoms with Crippen LogP contribution in [0.25, 0.3) is 0 Å². The van der Waals surface area contributed by atoms with Gasteiger partial charge in [0.1, 0.15) is 0 Å². The van der Waals surface area contributed by atoms with Crippen LogP contribution in [0.15, 0.2) is 22.7 Å². The van der Waals surface area contributed by atoms with Gasteiger partial charge in [0, 0.05) is 17.1 Å². The van der Waals surface area contributed by atoms with Crippen molar-refractivity contribution >= 4 is 33.4 Å². The van der Waals surface area contributed by atoms with Crippen LogP contribution in [0.4, 0.5) is 0 Å². The highest BCUT2D eigenvalue weighted by Gasteiger charge is 2.18. The molecule has 0 radical (unpaired) electrons. The van der Waals surface area contributed by atoms with Crippen LogP contribution in [0.2, 0.25) is 5.02 Å². The molecule has 0 saturated carbocycles. The lowest BCUT2D eigenvalue weighted by molar-refractivity contribution is 0.0931. The molecular weight excluding hydrogens is 304 g/mol. The third kappa shape index (κ3) is 3.44. The topological polar surface area (TPSA) is 41.1 Å². The number of hydrogen-bond donors (Lipinski definition) is 2. The average Bonchev–Trinajstić information content (AvgIpc) is 2.33. The van der Waals surface area contributed by atoms with Gasteiger partial charge >= 0.3 is 0 Å². The molecule has 1 amide bonds. The Kier molecular flexibility index (Phi) is 4.42. The van der Waals surface area contributed by atoms with Crippen molar-refractivity contribution in [2.75, 3.05) is 13.1 Å². The summed E-state index contributed by atoms with van der Waals surface area (Å²) in [4.78, 5) is 12.0. The normalized spacial score (nSPS) is 20.0. The zero-order valence-corrected chi connectivity index (χ0v) is 11.6. The first-order valence-electron chi connectivity index (χ1n) is 5.63. The molecule has 92 valence electrons. The van der Waals surface area contributed by atoms with E-state index in [0.29, 0.717) is 10.6 Å². The van der Waals surface area contributed by atoms with Gasteiger partial charge in [-0.1, -0.05) is 27.5 Å². The summed E-state index contributed by atoms with van der Waals surface area (Å²) >= 11 is 9.35. The summed E-state index contributed by atoms with van der Waals surface area (Å²) in [5.74, 6) is -0.106. The van der Waals surface area contributed by atoms with Gasteiger partial charge in [-0.25, -0.2) is 0 Å². The first-order valence-corrected chi connectivity index (χ1v) is 6.80. The molecule has 1 aromatic rings. The predicted octanol–water partition coefficient (Wildman–Crippen LogP) is 2.58. The van der Waals surface area contributed by atoms with Crippen molar-refractivity contribution < 1.29 is 4.79 Å². The zero-order chi connectivity index (χ0) is 12.3. The molecule has 1 aromatic carbocycles. The van der Waals surface area contributed by atoms with E-state index in [1.165, 1.54) is 0 Å². The first-order chi connectivity index (χ1) is 8.16. The van der Waals surface area contributed by atoms with Crippen molar-refractivity contribution in [2.24, 2.45) is 0 Å². The van der Waals surface area contributed by atoms with Gasteiger partial charge in [0.05, 0.1) is 10.6 Å². The van der Waals surface area contributed by atoms with Crippen LogP contribution in [-0.4, -0.2) is 25.0 Å². The van der Waals surface area contributed by atoms with E-state index in [9.17, 15) is 4.79 Å². The minimum Gasteiger partial charge on any atom is -0.348 e. The Bertz CT molecular complexity index is 419. The lowest BCUT2D eigenvalue weighted by Crippen LogP contribution is -2.45. The van der Waals surface area contributed by atoms with Crippen molar-refractivity contribution in [3.05, 3.63) is 33.3 Å². The highest BCUT2D eigenvalue weighted by molar-refractivity contribution is 9.10. The van der Waals surface area contributed by atoms with Crippen LogP contribution in [0, 0.1) is 0 Å². The molecule has 1 heterocycles. The number of benzene rings is 1. The van der Waals surface area contributed by atoms with Crippen LogP contribution in [0.3, 0.4) is 0 Å². The van der Waals surface area contributed by atoms with Crippen LogP contribution < -0.4 is 10.6 Å². The Morgan fingerprint density at radius 3 is 3.06 bits per heavy atom. The summed E-state index contributed by atoms with van der Waals surface area (Å²) in [6.45, 7) is 1.86. The van der Waals surface area contributed by atoms with Crippen LogP contribution in [0.1, 0.15) is 23.2 Å². The molecule has 0 spiro atoms. The molecule has 3 nitrogen and oxygen atoms in total. The molecule has 2 rings (SSSR count). The lowest BCUT2D eigenvalue weighted by Gasteiger charge is -2.24. The highest BCUT2D eigenvalue weighted by atomic mass is 79.9. The number of carbonyl (C=O) groups is 1. The van der Waals surface area contributed by atoms with Gasteiger partial charge in [-0.15, -0.1) is 0 Å². The number of hydrogen-bond acceptors (Lipinski definition) is 2. The van der Waals surface area contributed by atoms with Gasteiger partial charge < -0.3 is 10.6 Å². The number of nitrogens with one attached hydrogen (secondary N) is 2. The molecule has 1 aliphatic rings. The second-order valence-corrected chi connectivity index (χ2v) is 5.46. The number of rotatable bonds is 2. The Morgan fingerprint density at radius 2 is 2.35 bits per heavy atom. The maximum Gasteiger partial charge on any atom is 0.253 e. The van der Waals surface area contributed by atoms with E-state index >= 15 is 0 Å². The van der Waals surface area contributed by atoms with E-state index in [1.807, 2.05) is 6.07 Å². The van der Waals surface area contributed by atoms with Gasteiger partial charge in [-0.2, -0.15) is 0 Å². The molecule has 0 bridgehead atoms. The van der Waals surface area contributed by atoms with Gasteiger partial charge in [0.15, 0.2) is 0 Å². The third-order valence-electron chi connectivity index (χ3n) is 2.81. The van der Waals surface area contributed by atoms with Crippen LogP contribution in [-0.2, 0) is 0 Å². The van der Waals surface area contributed by atoms with E-state index in [4.69, 9.17) is 11.6 Å². The number of amides is 1. The molecule has 1 atom stereocenters. The molecular formula is C12H14BrClN2O. The average molecular weight is 318 g/mol. The predicted molar refractivity (Wildman–Crippen MR) is 72.5 cm³/mol. The molecule has 5 heteroatoms. The van der Waals surface area contributed by atoms with Crippen molar-refractivity contribution in [1.82, 2.24) is 10.6 Å². The second-order valence-electron chi connectivity index (χ2n) is 4.14. The number of carbonyl (C=O) groups excluding carboxylic acids is 1. The van der Waals surface area contributed by atoms with E-state index < -0.39 is 0 Å². The lowest BCUT2D eigenvalue weighted by atomic mass is 10.1. The smallest absolute Gasteiger partial charge is 0.253 e. The summed E-state index contributed by atoms with van der Waals surface area (Å²) in [6, 6.07) is 5.49. The maximum absolute atomic E-state index is 12.0. The molecule has 0 aromatic heterocycles. The quantitative estimate of drug-likeness (QED) is 0.880. The zero-order valence-electron chi connectivity index (χ0n) is 9.30. The van der Waals surface area contributed by atoms with Crippen LogP contribution >= 0.6 is 27.5 Å². The van der Waals surface area contributed by atoms with Crippen molar-refractivity contribution in [3.63, 3.8) is 0 Å². The van der Waals surface area contributed by atoms with E-state index in [1.54, 1.807) is 12.1 Å². The summed E-state index contributed by atoms with van der Waals surface area (Å²) in [5, 5.41) is 6.74. The molecule has 1 saturated heterocycles. The third-order valence-corrected chi connectivity index (χ3v) is 3.63. The monoisotopic (exact) mass is 316 g/mol. The number of halogens is 2. The van der Waals surface area contributed by atoms with Crippen molar-refractivity contribution in [1.29, 1.82) is 0 Å². The molecule has 1 fully saturated rings. The van der Waals surface area contributed by atoms with E-state index in [0.717, 1.165) is 30.4 Å². The summed E-state index contributed by atoms with van der Waals surface area (Å²) in [6.07, 6.45) is 2.11. The molecule has 2 N–H and O–H groups in total. The summed E-state index contributed by atoms with van der Waals surface area (Å²) in [5.41, 5.74) is 0.520. The van der Waals surface area contributed by atoms with Crippen LogP contribution in [0.5, 0.6) is 0 Å². The Labute approximate surface area is 114 Å². The second kappa shape index (κ2) is 5.85. The minimum atomic E-state index is -0.106. The maximum atomic E-state index is 12.0. The number of piperidine rings is 1. The standard InChI is InChI=1S/C12H14BrClN2O/c13-8-3-4-11(14)10(6-8)12(17)16-9-2-1-5-15-7-9/h3-4,6,9,15H,1-2,5,7H2,(H,16,17)/t9-/m0/s1. The Balaban J connectivity index is 2.05. The molecule has 1 aliphatic heterocycles. The molecule has 0 aliphatic carbocycles. The fourth-order valence-electron chi connectivity index (χ4n) is 1.91. The summed E-state index contributed by atoms with van der Waals surface area (Å²) < 4.78 is 0.855. The van der Waals surface area contributed by atoms with Gasteiger partial charge in [0.2, 0.25) is 0 Å². The first kappa shape index (κ1) is 12.9. The molecule has 0 unspecified atom stereocenters. The Hall–Kier alpha value is -0.580. The van der Waals surface area contributed by atoms with Gasteiger partial charge in [-0.3, -0.25) is 4.79 Å². The minimum absolute atomic E-state index is 0.106. The highest BCUT2D eigenvalue weighted by Crippen LogP contribution is 2.21. The van der Waals surface area contributed by atoms with E-state index in [2.05, 4.69) is 26.6 Å². The van der Waals surface area contributed by atoms with Gasteiger partial charge in [-0.05, 0) is 37.6 Å².